The van der Waals surface area contributed by atoms with Gasteiger partial charge in [-0.1, -0.05) is 140 Å². The molecule has 0 unspecified atom stereocenters. The number of rotatable bonds is 5. The van der Waals surface area contributed by atoms with Crippen LogP contribution in [0.15, 0.2) is 188 Å². The van der Waals surface area contributed by atoms with Crippen molar-refractivity contribution in [3.63, 3.8) is 0 Å². The van der Waals surface area contributed by atoms with E-state index in [1.54, 1.807) is 0 Å². The van der Waals surface area contributed by atoms with Crippen LogP contribution in [0, 0.1) is 0 Å². The van der Waals surface area contributed by atoms with E-state index in [1.165, 1.54) is 92.2 Å². The van der Waals surface area contributed by atoms with Gasteiger partial charge in [0.15, 0.2) is 0 Å². The van der Waals surface area contributed by atoms with Gasteiger partial charge in [-0.2, -0.15) is 0 Å². The van der Waals surface area contributed by atoms with Gasteiger partial charge >= 0.3 is 0 Å². The third-order valence-electron chi connectivity index (χ3n) is 9.99. The Morgan fingerprint density at radius 1 is 0.320 bits per heavy atom. The Bertz CT molecular complexity index is 2830. The summed E-state index contributed by atoms with van der Waals surface area (Å²) in [5.74, 6) is 0. The molecule has 10 rings (SSSR count). The fourth-order valence-electron chi connectivity index (χ4n) is 7.62. The predicted octanol–water partition coefficient (Wildman–Crippen LogP) is 13.8. The SMILES string of the molecule is c1cc(-c2cccc(-c3cccc(-n4c5ccccc5c5ccccc54)c3)c2)cc(-c2cccc(-c3cccc4c3sc3ccccc34)c2)c1. The predicted molar refractivity (Wildman–Crippen MR) is 215 cm³/mol. The molecule has 0 radical (unpaired) electrons. The second-order valence-electron chi connectivity index (χ2n) is 12.9. The highest BCUT2D eigenvalue weighted by atomic mass is 32.1. The Labute approximate surface area is 295 Å². The molecule has 0 saturated heterocycles. The molecule has 1 nitrogen and oxygen atoms in total. The fraction of sp³-hybridized carbons (Fsp3) is 0. The molecular weight excluding hydrogens is 623 g/mol. The highest BCUT2D eigenvalue weighted by molar-refractivity contribution is 7.26. The molecule has 2 heteroatoms. The lowest BCUT2D eigenvalue weighted by molar-refractivity contribution is 1.18. The summed E-state index contributed by atoms with van der Waals surface area (Å²) in [6.45, 7) is 0. The van der Waals surface area contributed by atoms with Crippen molar-refractivity contribution in [1.82, 2.24) is 4.57 Å². The smallest absolute Gasteiger partial charge is 0.0541 e. The third-order valence-corrected chi connectivity index (χ3v) is 11.2. The van der Waals surface area contributed by atoms with Gasteiger partial charge in [-0.3, -0.25) is 0 Å². The average Bonchev–Trinajstić information content (AvgIpc) is 3.74. The van der Waals surface area contributed by atoms with Gasteiger partial charge in [0.05, 0.1) is 11.0 Å². The zero-order chi connectivity index (χ0) is 33.0. The van der Waals surface area contributed by atoms with E-state index in [1.807, 2.05) is 11.3 Å². The standard InChI is InChI=1S/C48H31NS/c1-4-25-45-41(20-1)42-21-2-5-26-46(42)49(45)39-19-10-17-37(31-39)35-15-8-13-33(29-35)32-12-7-14-34(28-32)36-16-9-18-38(30-36)40-23-11-24-44-43-22-3-6-27-47(43)50-48(40)44/h1-31H. The van der Waals surface area contributed by atoms with E-state index < -0.39 is 0 Å². The highest BCUT2D eigenvalue weighted by Gasteiger charge is 2.14. The third kappa shape index (κ3) is 4.76. The first kappa shape index (κ1) is 28.8. The molecular formula is C48H31NS. The lowest BCUT2D eigenvalue weighted by Crippen LogP contribution is -1.94. The molecule has 50 heavy (non-hydrogen) atoms. The van der Waals surface area contributed by atoms with E-state index in [9.17, 15) is 0 Å². The second-order valence-corrected chi connectivity index (χ2v) is 14.0. The van der Waals surface area contributed by atoms with E-state index in [4.69, 9.17) is 0 Å². The second kappa shape index (κ2) is 11.7. The molecule has 0 aliphatic carbocycles. The monoisotopic (exact) mass is 653 g/mol. The summed E-state index contributed by atoms with van der Waals surface area (Å²) in [5.41, 5.74) is 13.4. The molecule has 0 spiro atoms. The van der Waals surface area contributed by atoms with Crippen molar-refractivity contribution in [2.45, 2.75) is 0 Å². The zero-order valence-electron chi connectivity index (χ0n) is 27.3. The Balaban J connectivity index is 1.01. The number of para-hydroxylation sites is 2. The summed E-state index contributed by atoms with van der Waals surface area (Å²) < 4.78 is 5.06. The quantitative estimate of drug-likeness (QED) is 0.174. The summed E-state index contributed by atoms with van der Waals surface area (Å²) in [5, 5.41) is 5.21. The van der Waals surface area contributed by atoms with E-state index in [2.05, 4.69) is 193 Å². The van der Waals surface area contributed by atoms with Crippen LogP contribution in [0.4, 0.5) is 0 Å². The van der Waals surface area contributed by atoms with Crippen LogP contribution in [-0.4, -0.2) is 4.57 Å². The first-order valence-electron chi connectivity index (χ1n) is 17.1. The number of fused-ring (bicyclic) bond motifs is 6. The lowest BCUT2D eigenvalue weighted by atomic mass is 9.94. The molecule has 0 fully saturated rings. The van der Waals surface area contributed by atoms with E-state index in [-0.39, 0.29) is 0 Å². The van der Waals surface area contributed by atoms with Crippen LogP contribution in [0.3, 0.4) is 0 Å². The van der Waals surface area contributed by atoms with Gasteiger partial charge in [-0.05, 0) is 93.0 Å². The Morgan fingerprint density at radius 2 is 0.760 bits per heavy atom. The summed E-state index contributed by atoms with van der Waals surface area (Å²) >= 11 is 1.88. The first-order chi connectivity index (χ1) is 24.8. The van der Waals surface area contributed by atoms with Crippen LogP contribution >= 0.6 is 11.3 Å². The topological polar surface area (TPSA) is 4.93 Å². The zero-order valence-corrected chi connectivity index (χ0v) is 28.1. The first-order valence-corrected chi connectivity index (χ1v) is 17.9. The Kier molecular flexibility index (Phi) is 6.75. The maximum Gasteiger partial charge on any atom is 0.0541 e. The minimum Gasteiger partial charge on any atom is -0.309 e. The maximum absolute atomic E-state index is 2.39. The summed E-state index contributed by atoms with van der Waals surface area (Å²) in [6, 6.07) is 68.6. The molecule has 2 heterocycles. The molecule has 10 aromatic rings. The van der Waals surface area contributed by atoms with Crippen molar-refractivity contribution in [2.75, 3.05) is 0 Å². The maximum atomic E-state index is 2.39. The number of benzene rings is 8. The van der Waals surface area contributed by atoms with Crippen molar-refractivity contribution < 1.29 is 0 Å². The summed E-state index contributed by atoms with van der Waals surface area (Å²) in [7, 11) is 0. The minimum absolute atomic E-state index is 1.17. The molecule has 0 amide bonds. The van der Waals surface area contributed by atoms with Crippen molar-refractivity contribution in [3.8, 4) is 50.2 Å². The van der Waals surface area contributed by atoms with Crippen LogP contribution in [-0.2, 0) is 0 Å². The van der Waals surface area contributed by atoms with Gasteiger partial charge in [-0.25, -0.2) is 0 Å². The van der Waals surface area contributed by atoms with Gasteiger partial charge in [0, 0.05) is 36.6 Å². The lowest BCUT2D eigenvalue weighted by Gasteiger charge is -2.12. The summed E-state index contributed by atoms with van der Waals surface area (Å²) in [4.78, 5) is 0. The normalized spacial score (nSPS) is 11.6. The van der Waals surface area contributed by atoms with E-state index >= 15 is 0 Å². The molecule has 2 aromatic heterocycles. The van der Waals surface area contributed by atoms with Crippen molar-refractivity contribution >= 4 is 53.3 Å². The van der Waals surface area contributed by atoms with E-state index in [0.29, 0.717) is 0 Å². The number of hydrogen-bond acceptors (Lipinski definition) is 1. The van der Waals surface area contributed by atoms with Gasteiger partial charge in [0.25, 0.3) is 0 Å². The molecule has 0 saturated carbocycles. The van der Waals surface area contributed by atoms with Crippen LogP contribution in [0.5, 0.6) is 0 Å². The van der Waals surface area contributed by atoms with Crippen molar-refractivity contribution in [1.29, 1.82) is 0 Å². The molecule has 234 valence electrons. The van der Waals surface area contributed by atoms with Crippen LogP contribution in [0.25, 0.3) is 92.2 Å². The van der Waals surface area contributed by atoms with E-state index in [0.717, 1.165) is 0 Å². The molecule has 8 aromatic carbocycles. The van der Waals surface area contributed by atoms with Crippen molar-refractivity contribution in [2.24, 2.45) is 0 Å². The number of thiophene rings is 1. The van der Waals surface area contributed by atoms with Gasteiger partial charge in [0.2, 0.25) is 0 Å². The molecule has 0 aliphatic rings. The van der Waals surface area contributed by atoms with Gasteiger partial charge < -0.3 is 4.57 Å². The van der Waals surface area contributed by atoms with Gasteiger partial charge in [0.1, 0.15) is 0 Å². The number of hydrogen-bond donors (Lipinski definition) is 0. The minimum atomic E-state index is 1.17. The number of nitrogens with zero attached hydrogens (tertiary/aromatic N) is 1. The Morgan fingerprint density at radius 3 is 1.38 bits per heavy atom. The van der Waals surface area contributed by atoms with Crippen LogP contribution in [0.2, 0.25) is 0 Å². The number of aromatic nitrogens is 1. The van der Waals surface area contributed by atoms with Crippen molar-refractivity contribution in [3.05, 3.63) is 188 Å². The fourth-order valence-corrected chi connectivity index (χ4v) is 8.86. The Hall–Kier alpha value is -6.22. The molecule has 0 bridgehead atoms. The summed E-state index contributed by atoms with van der Waals surface area (Å²) in [6.07, 6.45) is 0. The molecule has 0 atom stereocenters. The largest absolute Gasteiger partial charge is 0.309 e. The molecule has 0 N–H and O–H groups in total. The highest BCUT2D eigenvalue weighted by Crippen LogP contribution is 2.41. The average molecular weight is 654 g/mol. The van der Waals surface area contributed by atoms with Crippen LogP contribution in [0.1, 0.15) is 0 Å². The molecule has 0 aliphatic heterocycles. The van der Waals surface area contributed by atoms with Gasteiger partial charge in [-0.15, -0.1) is 11.3 Å². The van der Waals surface area contributed by atoms with Crippen LogP contribution < -0.4 is 0 Å².